The van der Waals surface area contributed by atoms with Crippen LogP contribution in [0.25, 0.3) is 0 Å². The number of hydrogen-bond donors (Lipinski definition) is 1. The zero-order valence-electron chi connectivity index (χ0n) is 19.9. The fraction of sp³-hybridized carbons (Fsp3) is 0.286. The third-order valence-electron chi connectivity index (χ3n) is 5.90. The molecule has 1 unspecified atom stereocenters. The van der Waals surface area contributed by atoms with Crippen LogP contribution in [-0.4, -0.2) is 29.5 Å². The highest BCUT2D eigenvalue weighted by Crippen LogP contribution is 2.32. The number of hydrogen-bond acceptors (Lipinski definition) is 4. The van der Waals surface area contributed by atoms with E-state index < -0.39 is 6.04 Å². The normalized spacial score (nSPS) is 12.9. The Hall–Kier alpha value is -3.87. The molecule has 7 heteroatoms. The summed E-state index contributed by atoms with van der Waals surface area (Å²) < 4.78 is 24.2. The van der Waals surface area contributed by atoms with E-state index in [9.17, 15) is 14.0 Å². The minimum absolute atomic E-state index is 0.145. The number of nitrogens with zero attached hydrogens (tertiary/aromatic N) is 1. The van der Waals surface area contributed by atoms with Gasteiger partial charge >= 0.3 is 0 Å². The topological polar surface area (TPSA) is 67.9 Å². The van der Waals surface area contributed by atoms with Crippen LogP contribution in [0.15, 0.2) is 72.8 Å². The summed E-state index contributed by atoms with van der Waals surface area (Å²) in [6, 6.07) is 20.4. The summed E-state index contributed by atoms with van der Waals surface area (Å²) in [5.41, 5.74) is 2.56. The lowest BCUT2D eigenvalue weighted by Crippen LogP contribution is -2.51. The second-order valence-electron chi connectivity index (χ2n) is 8.86. The van der Waals surface area contributed by atoms with Crippen molar-refractivity contribution >= 4 is 11.8 Å². The highest BCUT2D eigenvalue weighted by atomic mass is 19.1. The Morgan fingerprint density at radius 2 is 1.60 bits per heavy atom. The first kappa shape index (κ1) is 24.3. The minimum atomic E-state index is -0.744. The van der Waals surface area contributed by atoms with Gasteiger partial charge in [0.25, 0.3) is 0 Å². The molecule has 6 nitrogen and oxygen atoms in total. The molecule has 1 aliphatic rings. The monoisotopic (exact) mass is 476 g/mol. The molecule has 1 heterocycles. The Kier molecular flexibility index (Phi) is 7.65. The van der Waals surface area contributed by atoms with Crippen molar-refractivity contribution in [2.75, 3.05) is 6.79 Å². The number of carbonyl (C=O) groups excluding carboxylic acids is 2. The van der Waals surface area contributed by atoms with Gasteiger partial charge in [0.2, 0.25) is 18.6 Å². The van der Waals surface area contributed by atoms with E-state index in [0.29, 0.717) is 17.9 Å². The number of benzene rings is 3. The van der Waals surface area contributed by atoms with E-state index in [-0.39, 0.29) is 43.4 Å². The van der Waals surface area contributed by atoms with E-state index in [1.165, 1.54) is 12.1 Å². The average Bonchev–Trinajstić information content (AvgIpc) is 3.34. The molecule has 0 saturated heterocycles. The van der Waals surface area contributed by atoms with E-state index in [1.54, 1.807) is 17.0 Å². The first-order valence-corrected chi connectivity index (χ1v) is 11.7. The molecule has 0 bridgehead atoms. The van der Waals surface area contributed by atoms with Crippen molar-refractivity contribution in [2.24, 2.45) is 5.92 Å². The summed E-state index contributed by atoms with van der Waals surface area (Å²) in [5, 5.41) is 2.99. The second-order valence-corrected chi connectivity index (χ2v) is 8.86. The van der Waals surface area contributed by atoms with Crippen LogP contribution in [0.2, 0.25) is 0 Å². The maximum Gasteiger partial charge on any atom is 0.243 e. The van der Waals surface area contributed by atoms with Crippen LogP contribution in [0.3, 0.4) is 0 Å². The van der Waals surface area contributed by atoms with Crippen LogP contribution >= 0.6 is 0 Å². The van der Waals surface area contributed by atoms with Gasteiger partial charge in [-0.25, -0.2) is 4.39 Å². The summed E-state index contributed by atoms with van der Waals surface area (Å²) in [6.45, 7) is 4.28. The number of halogens is 1. The molecule has 1 atom stereocenters. The summed E-state index contributed by atoms with van der Waals surface area (Å²) in [6.07, 6.45) is 0.355. The lowest BCUT2D eigenvalue weighted by atomic mass is 10.0. The Morgan fingerprint density at radius 1 is 0.914 bits per heavy atom. The van der Waals surface area contributed by atoms with E-state index >= 15 is 0 Å². The number of ether oxygens (including phenoxy) is 2. The molecule has 3 aromatic rings. The molecular weight excluding hydrogens is 447 g/mol. The van der Waals surface area contributed by atoms with Gasteiger partial charge in [-0.1, -0.05) is 62.4 Å². The van der Waals surface area contributed by atoms with Gasteiger partial charge < -0.3 is 19.7 Å². The van der Waals surface area contributed by atoms with Crippen molar-refractivity contribution in [1.29, 1.82) is 0 Å². The molecule has 0 fully saturated rings. The van der Waals surface area contributed by atoms with Crippen LogP contribution < -0.4 is 14.8 Å². The summed E-state index contributed by atoms with van der Waals surface area (Å²) in [5.74, 6) is 0.254. The molecule has 0 radical (unpaired) electrons. The molecule has 1 N–H and O–H groups in total. The second kappa shape index (κ2) is 11.0. The third-order valence-corrected chi connectivity index (χ3v) is 5.90. The maximum absolute atomic E-state index is 13.5. The predicted molar refractivity (Wildman–Crippen MR) is 130 cm³/mol. The number of fused-ring (bicyclic) bond motifs is 1. The first-order chi connectivity index (χ1) is 16.9. The number of carbonyl (C=O) groups is 2. The molecule has 0 spiro atoms. The molecule has 4 rings (SSSR count). The smallest absolute Gasteiger partial charge is 0.243 e. The van der Waals surface area contributed by atoms with Crippen molar-refractivity contribution in [3.05, 3.63) is 95.3 Å². The van der Waals surface area contributed by atoms with Crippen LogP contribution in [-0.2, 0) is 29.1 Å². The predicted octanol–water partition coefficient (Wildman–Crippen LogP) is 4.47. The largest absolute Gasteiger partial charge is 0.454 e. The zero-order valence-corrected chi connectivity index (χ0v) is 19.9. The SMILES string of the molecule is CC(C)C(=O)N(Cc1ccc(F)cc1)C(Cc1ccccc1)C(=O)NCc1ccc2c(c1)OCO2. The highest BCUT2D eigenvalue weighted by Gasteiger charge is 2.31. The Labute approximate surface area is 204 Å². The Balaban J connectivity index is 1.58. The molecule has 35 heavy (non-hydrogen) atoms. The quantitative estimate of drug-likeness (QED) is 0.495. The minimum Gasteiger partial charge on any atom is -0.454 e. The van der Waals surface area contributed by atoms with E-state index in [2.05, 4.69) is 5.32 Å². The molecular formula is C28H29FN2O4. The van der Waals surface area contributed by atoms with Gasteiger partial charge in [0.15, 0.2) is 11.5 Å². The molecule has 3 aromatic carbocycles. The maximum atomic E-state index is 13.5. The van der Waals surface area contributed by atoms with Gasteiger partial charge in [-0.05, 0) is 41.0 Å². The lowest BCUT2D eigenvalue weighted by Gasteiger charge is -2.33. The van der Waals surface area contributed by atoms with Crippen molar-refractivity contribution in [3.63, 3.8) is 0 Å². The Bertz CT molecular complexity index is 1170. The average molecular weight is 477 g/mol. The van der Waals surface area contributed by atoms with Crippen LogP contribution in [0.5, 0.6) is 11.5 Å². The van der Waals surface area contributed by atoms with Crippen molar-refractivity contribution < 1.29 is 23.5 Å². The molecule has 0 saturated carbocycles. The molecule has 2 amide bonds. The van der Waals surface area contributed by atoms with E-state index in [4.69, 9.17) is 9.47 Å². The molecule has 182 valence electrons. The van der Waals surface area contributed by atoms with Gasteiger partial charge in [-0.2, -0.15) is 0 Å². The highest BCUT2D eigenvalue weighted by molar-refractivity contribution is 5.88. The van der Waals surface area contributed by atoms with E-state index in [0.717, 1.165) is 16.7 Å². The molecule has 1 aliphatic heterocycles. The zero-order chi connectivity index (χ0) is 24.8. The van der Waals surface area contributed by atoms with Gasteiger partial charge in [-0.15, -0.1) is 0 Å². The molecule has 0 aromatic heterocycles. The van der Waals surface area contributed by atoms with Gasteiger partial charge in [0.1, 0.15) is 11.9 Å². The number of nitrogens with one attached hydrogen (secondary N) is 1. The van der Waals surface area contributed by atoms with Crippen LogP contribution in [0.1, 0.15) is 30.5 Å². The lowest BCUT2D eigenvalue weighted by molar-refractivity contribution is -0.143. The fourth-order valence-electron chi connectivity index (χ4n) is 4.00. The van der Waals surface area contributed by atoms with Crippen LogP contribution in [0, 0.1) is 11.7 Å². The summed E-state index contributed by atoms with van der Waals surface area (Å²) >= 11 is 0. The van der Waals surface area contributed by atoms with Gasteiger partial charge in [-0.3, -0.25) is 9.59 Å². The standard InChI is InChI=1S/C28H29FN2O4/c1-19(2)28(33)31(17-21-8-11-23(29)12-9-21)24(14-20-6-4-3-5-7-20)27(32)30-16-22-10-13-25-26(15-22)35-18-34-25/h3-13,15,19,24H,14,16-18H2,1-2H3,(H,30,32). The summed E-state index contributed by atoms with van der Waals surface area (Å²) in [4.78, 5) is 28.4. The first-order valence-electron chi connectivity index (χ1n) is 11.7. The number of amides is 2. The van der Waals surface area contributed by atoms with Crippen molar-refractivity contribution in [3.8, 4) is 11.5 Å². The Morgan fingerprint density at radius 3 is 2.31 bits per heavy atom. The van der Waals surface area contributed by atoms with Gasteiger partial charge in [0, 0.05) is 25.4 Å². The fourth-order valence-corrected chi connectivity index (χ4v) is 4.00. The summed E-state index contributed by atoms with van der Waals surface area (Å²) in [7, 11) is 0. The van der Waals surface area contributed by atoms with E-state index in [1.807, 2.05) is 62.4 Å². The molecule has 0 aliphatic carbocycles. The van der Waals surface area contributed by atoms with Crippen LogP contribution in [0.4, 0.5) is 4.39 Å². The van der Waals surface area contributed by atoms with Gasteiger partial charge in [0.05, 0.1) is 0 Å². The number of rotatable bonds is 9. The van der Waals surface area contributed by atoms with Crippen molar-refractivity contribution in [2.45, 2.75) is 39.4 Å². The van der Waals surface area contributed by atoms with Crippen molar-refractivity contribution in [1.82, 2.24) is 10.2 Å². The third kappa shape index (κ3) is 6.18.